The molecule has 0 spiro atoms. The van der Waals surface area contributed by atoms with Crippen LogP contribution in [0.1, 0.15) is 45.4 Å². The monoisotopic (exact) mass is 284 g/mol. The number of allylic oxidation sites excluding steroid dienone is 8. The fourth-order valence-corrected chi connectivity index (χ4v) is 2.62. The van der Waals surface area contributed by atoms with Crippen molar-refractivity contribution in [3.8, 4) is 0 Å². The van der Waals surface area contributed by atoms with E-state index in [1.165, 1.54) is 55.5 Å². The van der Waals surface area contributed by atoms with Crippen LogP contribution < -0.4 is 4.90 Å². The standard InChI is InChI=1S/C19H25NO/c1-2-3-4-5-6-7-14-20-15-12-18(13-16-20)17-8-10-19(21)11-9-17/h8-13,15-16H,2-7,14H2,1H3/p+1. The maximum Gasteiger partial charge on any atom is 0.178 e. The number of quaternary nitrogens is 1. The Kier molecular flexibility index (Phi) is 6.42. The molecule has 0 fully saturated rings. The van der Waals surface area contributed by atoms with Gasteiger partial charge in [0, 0.05) is 0 Å². The molecule has 0 aromatic rings. The van der Waals surface area contributed by atoms with E-state index in [0.29, 0.717) is 0 Å². The highest BCUT2D eigenvalue weighted by Gasteiger charge is 2.09. The van der Waals surface area contributed by atoms with Crippen molar-refractivity contribution in [2.75, 3.05) is 6.54 Å². The van der Waals surface area contributed by atoms with E-state index in [1.807, 2.05) is 12.2 Å². The second-order valence-corrected chi connectivity index (χ2v) is 5.74. The van der Waals surface area contributed by atoms with Gasteiger partial charge in [-0.1, -0.05) is 44.8 Å². The third kappa shape index (κ3) is 5.31. The molecule has 0 aromatic heterocycles. The lowest BCUT2D eigenvalue weighted by atomic mass is 10.0. The zero-order valence-electron chi connectivity index (χ0n) is 13.0. The summed E-state index contributed by atoms with van der Waals surface area (Å²) in [6, 6.07) is 0. The van der Waals surface area contributed by atoms with Crippen molar-refractivity contribution in [1.82, 2.24) is 0 Å². The number of ketones is 1. The minimum atomic E-state index is 0.0680. The second-order valence-electron chi connectivity index (χ2n) is 5.74. The van der Waals surface area contributed by atoms with E-state index >= 15 is 0 Å². The summed E-state index contributed by atoms with van der Waals surface area (Å²) in [6.07, 6.45) is 23.8. The third-order valence-corrected chi connectivity index (χ3v) is 3.96. The van der Waals surface area contributed by atoms with E-state index < -0.39 is 0 Å². The molecule has 0 bridgehead atoms. The highest BCUT2D eigenvalue weighted by atomic mass is 16.1. The predicted octanol–water partition coefficient (Wildman–Crippen LogP) is 3.26. The summed E-state index contributed by atoms with van der Waals surface area (Å²) in [6.45, 7) is 3.43. The van der Waals surface area contributed by atoms with Crippen LogP contribution in [0.4, 0.5) is 0 Å². The summed E-state index contributed by atoms with van der Waals surface area (Å²) < 4.78 is 0. The molecule has 0 unspecified atom stereocenters. The number of carbonyl (C=O) groups excluding carboxylic acids is 1. The first-order chi connectivity index (χ1) is 10.3. The average molecular weight is 284 g/mol. The normalized spacial score (nSPS) is 20.6. The Balaban J connectivity index is 1.74. The Labute approximate surface area is 128 Å². The molecule has 2 rings (SSSR count). The molecule has 2 aliphatic rings. The molecular weight excluding hydrogens is 258 g/mol. The van der Waals surface area contributed by atoms with E-state index in [2.05, 4.69) is 31.5 Å². The van der Waals surface area contributed by atoms with Crippen molar-refractivity contribution in [1.29, 1.82) is 0 Å². The Bertz CT molecular complexity index is 472. The van der Waals surface area contributed by atoms with E-state index in [0.717, 1.165) is 5.57 Å². The Morgan fingerprint density at radius 1 is 0.762 bits per heavy atom. The van der Waals surface area contributed by atoms with Gasteiger partial charge in [-0.15, -0.1) is 0 Å². The molecule has 1 N–H and O–H groups in total. The fraction of sp³-hybridized carbons (Fsp3) is 0.421. The minimum Gasteiger partial charge on any atom is -0.290 e. The lowest BCUT2D eigenvalue weighted by Gasteiger charge is -2.14. The second kappa shape index (κ2) is 8.58. The minimum absolute atomic E-state index is 0.0680. The number of hydrogen-bond acceptors (Lipinski definition) is 1. The molecule has 1 aliphatic heterocycles. The molecule has 0 aromatic carbocycles. The lowest BCUT2D eigenvalue weighted by molar-refractivity contribution is -0.791. The first kappa shape index (κ1) is 15.7. The van der Waals surface area contributed by atoms with Crippen LogP contribution in [0.15, 0.2) is 60.0 Å². The van der Waals surface area contributed by atoms with Crippen molar-refractivity contribution in [2.24, 2.45) is 0 Å². The zero-order chi connectivity index (χ0) is 14.9. The summed E-state index contributed by atoms with van der Waals surface area (Å²) in [5.74, 6) is 0.0680. The molecular formula is C19H26NO+. The van der Waals surface area contributed by atoms with Crippen LogP contribution in [0, 0.1) is 0 Å². The molecule has 21 heavy (non-hydrogen) atoms. The van der Waals surface area contributed by atoms with Gasteiger partial charge in [0.2, 0.25) is 0 Å². The van der Waals surface area contributed by atoms with Crippen molar-refractivity contribution in [3.63, 3.8) is 0 Å². The molecule has 0 atom stereocenters. The van der Waals surface area contributed by atoms with E-state index in [1.54, 1.807) is 12.2 Å². The Morgan fingerprint density at radius 2 is 1.33 bits per heavy atom. The largest absolute Gasteiger partial charge is 0.290 e. The van der Waals surface area contributed by atoms with Gasteiger partial charge in [-0.2, -0.15) is 0 Å². The van der Waals surface area contributed by atoms with Gasteiger partial charge in [-0.25, -0.2) is 0 Å². The predicted molar refractivity (Wildman–Crippen MR) is 87.8 cm³/mol. The number of carbonyl (C=O) groups is 1. The first-order valence-corrected chi connectivity index (χ1v) is 8.16. The third-order valence-electron chi connectivity index (χ3n) is 3.96. The smallest absolute Gasteiger partial charge is 0.178 e. The van der Waals surface area contributed by atoms with E-state index in [-0.39, 0.29) is 5.78 Å². The van der Waals surface area contributed by atoms with Gasteiger partial charge in [0.15, 0.2) is 5.78 Å². The van der Waals surface area contributed by atoms with Crippen molar-refractivity contribution in [2.45, 2.75) is 45.4 Å². The van der Waals surface area contributed by atoms with Gasteiger partial charge in [-0.3, -0.25) is 9.69 Å². The number of rotatable bonds is 7. The Hall–Kier alpha value is -1.67. The van der Waals surface area contributed by atoms with Gasteiger partial charge in [0.1, 0.15) is 0 Å². The van der Waals surface area contributed by atoms with E-state index in [4.69, 9.17) is 0 Å². The van der Waals surface area contributed by atoms with Crippen LogP contribution in [-0.2, 0) is 4.79 Å². The molecule has 0 radical (unpaired) electrons. The van der Waals surface area contributed by atoms with Gasteiger partial charge in [0.05, 0.1) is 18.9 Å². The van der Waals surface area contributed by atoms with Gasteiger partial charge in [-0.05, 0) is 48.3 Å². The number of unbranched alkanes of at least 4 members (excludes halogenated alkanes) is 5. The van der Waals surface area contributed by atoms with Crippen LogP contribution in [0.2, 0.25) is 0 Å². The molecule has 112 valence electrons. The summed E-state index contributed by atoms with van der Waals surface area (Å²) >= 11 is 0. The fourth-order valence-electron chi connectivity index (χ4n) is 2.62. The SMILES string of the molecule is CCCCCCCC[NH+]1C=CC(=C2C=CC(=O)C=C2)C=C1. The Morgan fingerprint density at radius 3 is 2.00 bits per heavy atom. The summed E-state index contributed by atoms with van der Waals surface area (Å²) in [5, 5.41) is 0. The van der Waals surface area contributed by atoms with Gasteiger partial charge in [0.25, 0.3) is 0 Å². The maximum atomic E-state index is 11.1. The molecule has 1 aliphatic carbocycles. The van der Waals surface area contributed by atoms with Crippen LogP contribution in [0.3, 0.4) is 0 Å². The van der Waals surface area contributed by atoms with Crippen molar-refractivity contribution < 1.29 is 9.69 Å². The molecule has 0 saturated heterocycles. The van der Waals surface area contributed by atoms with E-state index in [9.17, 15) is 4.79 Å². The molecule has 2 heteroatoms. The molecule has 2 nitrogen and oxygen atoms in total. The van der Waals surface area contributed by atoms with Crippen molar-refractivity contribution in [3.05, 3.63) is 60.0 Å². The topological polar surface area (TPSA) is 21.5 Å². The first-order valence-electron chi connectivity index (χ1n) is 8.16. The highest BCUT2D eigenvalue weighted by Crippen LogP contribution is 2.15. The number of hydrogen-bond donors (Lipinski definition) is 1. The zero-order valence-corrected chi connectivity index (χ0v) is 13.0. The van der Waals surface area contributed by atoms with Crippen LogP contribution >= 0.6 is 0 Å². The quantitative estimate of drug-likeness (QED) is 0.712. The highest BCUT2D eigenvalue weighted by molar-refractivity contribution is 6.01. The molecule has 1 heterocycles. The summed E-state index contributed by atoms with van der Waals surface area (Å²) in [5.41, 5.74) is 2.29. The van der Waals surface area contributed by atoms with Crippen LogP contribution in [0.25, 0.3) is 0 Å². The van der Waals surface area contributed by atoms with Crippen LogP contribution in [0.5, 0.6) is 0 Å². The summed E-state index contributed by atoms with van der Waals surface area (Å²) in [7, 11) is 0. The maximum absolute atomic E-state index is 11.1. The van der Waals surface area contributed by atoms with Crippen LogP contribution in [-0.4, -0.2) is 12.3 Å². The molecule has 0 amide bonds. The van der Waals surface area contributed by atoms with Gasteiger partial charge < -0.3 is 0 Å². The summed E-state index contributed by atoms with van der Waals surface area (Å²) in [4.78, 5) is 12.5. The lowest BCUT2D eigenvalue weighted by Crippen LogP contribution is -3.03. The van der Waals surface area contributed by atoms with Crippen molar-refractivity contribution >= 4 is 5.78 Å². The van der Waals surface area contributed by atoms with Gasteiger partial charge >= 0.3 is 0 Å². The average Bonchev–Trinajstić information content (AvgIpc) is 2.52. The molecule has 0 saturated carbocycles. The number of nitrogens with one attached hydrogen (secondary N) is 1.